The van der Waals surface area contributed by atoms with Gasteiger partial charge in [-0.25, -0.2) is 8.42 Å². The molecule has 0 spiro atoms. The van der Waals surface area contributed by atoms with Gasteiger partial charge in [0.25, 0.3) is 15.7 Å². The lowest BCUT2D eigenvalue weighted by Gasteiger charge is -2.20. The van der Waals surface area contributed by atoms with Crippen LogP contribution in [-0.2, 0) is 14.8 Å². The first kappa shape index (κ1) is 19.6. The van der Waals surface area contributed by atoms with Crippen molar-refractivity contribution in [1.29, 1.82) is 0 Å². The van der Waals surface area contributed by atoms with Gasteiger partial charge in [0, 0.05) is 25.1 Å². The maximum absolute atomic E-state index is 12.8. The number of nitrogens with one attached hydrogen (secondary N) is 1. The predicted molar refractivity (Wildman–Crippen MR) is 103 cm³/mol. The van der Waals surface area contributed by atoms with Gasteiger partial charge in [-0.1, -0.05) is 6.07 Å². The van der Waals surface area contributed by atoms with Crippen LogP contribution < -0.4 is 14.4 Å². The van der Waals surface area contributed by atoms with Crippen LogP contribution in [0.3, 0.4) is 0 Å². The molecular weight excluding hydrogens is 386 g/mol. The molecule has 1 fully saturated rings. The second kappa shape index (κ2) is 7.47. The van der Waals surface area contributed by atoms with E-state index in [0.717, 1.165) is 6.07 Å². The highest BCUT2D eigenvalue weighted by Gasteiger charge is 2.26. The van der Waals surface area contributed by atoms with Crippen molar-refractivity contribution in [3.8, 4) is 5.75 Å². The van der Waals surface area contributed by atoms with Crippen molar-refractivity contribution in [3.63, 3.8) is 0 Å². The van der Waals surface area contributed by atoms with Crippen LogP contribution in [0.25, 0.3) is 0 Å². The third-order valence-electron chi connectivity index (χ3n) is 4.47. The van der Waals surface area contributed by atoms with Crippen LogP contribution in [0.2, 0.25) is 0 Å². The Balaban J connectivity index is 1.98. The molecule has 10 heteroatoms. The molecular formula is C18H19N3O6S. The van der Waals surface area contributed by atoms with E-state index in [4.69, 9.17) is 4.74 Å². The number of benzene rings is 2. The molecule has 148 valence electrons. The number of non-ortho nitro benzene ring substituents is 1. The molecule has 1 amide bonds. The standard InChI is InChI=1S/C18H19N3O6S/c1-12-5-7-14(21(23)24)11-17(12)28(25,26)19-13-6-8-16(27-2)15(10-13)20-9-3-4-18(20)22/h5-8,10-11,19H,3-4,9H2,1-2H3. The number of nitrogens with zero attached hydrogens (tertiary/aromatic N) is 2. The molecule has 1 saturated heterocycles. The van der Waals surface area contributed by atoms with E-state index >= 15 is 0 Å². The van der Waals surface area contributed by atoms with Crippen LogP contribution in [0, 0.1) is 17.0 Å². The smallest absolute Gasteiger partial charge is 0.270 e. The molecule has 28 heavy (non-hydrogen) atoms. The topological polar surface area (TPSA) is 119 Å². The van der Waals surface area contributed by atoms with Gasteiger partial charge in [-0.05, 0) is 37.1 Å². The molecule has 3 rings (SSSR count). The van der Waals surface area contributed by atoms with Gasteiger partial charge in [0.2, 0.25) is 5.91 Å². The maximum atomic E-state index is 12.8. The summed E-state index contributed by atoms with van der Waals surface area (Å²) in [7, 11) is -2.60. The number of carbonyl (C=O) groups excluding carboxylic acids is 1. The van der Waals surface area contributed by atoms with Gasteiger partial charge in [-0.2, -0.15) is 0 Å². The van der Waals surface area contributed by atoms with Crippen molar-refractivity contribution in [2.75, 3.05) is 23.3 Å². The Kier molecular flexibility index (Phi) is 5.23. The lowest BCUT2D eigenvalue weighted by atomic mass is 10.2. The van der Waals surface area contributed by atoms with Crippen LogP contribution in [0.1, 0.15) is 18.4 Å². The number of amides is 1. The van der Waals surface area contributed by atoms with E-state index in [1.807, 2.05) is 0 Å². The second-order valence-corrected chi connectivity index (χ2v) is 8.00. The van der Waals surface area contributed by atoms with Gasteiger partial charge in [0.1, 0.15) is 5.75 Å². The van der Waals surface area contributed by atoms with E-state index in [9.17, 15) is 23.3 Å². The monoisotopic (exact) mass is 405 g/mol. The summed E-state index contributed by atoms with van der Waals surface area (Å²) in [5, 5.41) is 11.0. The van der Waals surface area contributed by atoms with Crippen molar-refractivity contribution in [2.45, 2.75) is 24.7 Å². The Bertz CT molecular complexity index is 1050. The van der Waals surface area contributed by atoms with Crippen LogP contribution in [0.4, 0.5) is 17.1 Å². The van der Waals surface area contributed by atoms with Gasteiger partial charge < -0.3 is 9.64 Å². The second-order valence-electron chi connectivity index (χ2n) is 6.35. The number of hydrogen-bond donors (Lipinski definition) is 1. The Morgan fingerprint density at radius 3 is 2.57 bits per heavy atom. The van der Waals surface area contributed by atoms with Crippen LogP contribution >= 0.6 is 0 Å². The Morgan fingerprint density at radius 2 is 1.96 bits per heavy atom. The zero-order chi connectivity index (χ0) is 20.5. The largest absolute Gasteiger partial charge is 0.495 e. The van der Waals surface area contributed by atoms with Gasteiger partial charge in [0.05, 0.1) is 28.3 Å². The molecule has 0 saturated carbocycles. The molecule has 1 N–H and O–H groups in total. The molecule has 2 aromatic carbocycles. The molecule has 0 atom stereocenters. The number of carbonyl (C=O) groups is 1. The normalized spacial score (nSPS) is 14.2. The van der Waals surface area contributed by atoms with Crippen LogP contribution in [0.15, 0.2) is 41.3 Å². The lowest BCUT2D eigenvalue weighted by Crippen LogP contribution is -2.24. The van der Waals surface area contributed by atoms with Crippen molar-refractivity contribution >= 4 is 33.0 Å². The van der Waals surface area contributed by atoms with E-state index in [1.54, 1.807) is 17.9 Å². The van der Waals surface area contributed by atoms with E-state index in [0.29, 0.717) is 36.4 Å². The molecule has 0 bridgehead atoms. The summed E-state index contributed by atoms with van der Waals surface area (Å²) in [5.41, 5.74) is 0.757. The fourth-order valence-electron chi connectivity index (χ4n) is 3.07. The quantitative estimate of drug-likeness (QED) is 0.583. The Morgan fingerprint density at radius 1 is 1.21 bits per heavy atom. The van der Waals surface area contributed by atoms with Gasteiger partial charge >= 0.3 is 0 Å². The first-order valence-electron chi connectivity index (χ1n) is 8.49. The summed E-state index contributed by atoms with van der Waals surface area (Å²) in [6.45, 7) is 2.08. The minimum absolute atomic E-state index is 0.0622. The number of aryl methyl sites for hydroxylation is 1. The zero-order valence-corrected chi connectivity index (χ0v) is 16.2. The molecule has 1 heterocycles. The van der Waals surface area contributed by atoms with Gasteiger partial charge in [0.15, 0.2) is 0 Å². The van der Waals surface area contributed by atoms with E-state index in [2.05, 4.69) is 4.72 Å². The van der Waals surface area contributed by atoms with E-state index in [1.165, 1.54) is 31.4 Å². The first-order chi connectivity index (χ1) is 13.2. The lowest BCUT2D eigenvalue weighted by molar-refractivity contribution is -0.385. The molecule has 2 aromatic rings. The minimum atomic E-state index is -4.07. The average molecular weight is 405 g/mol. The number of ether oxygens (including phenoxy) is 1. The molecule has 0 radical (unpaired) electrons. The summed E-state index contributed by atoms with van der Waals surface area (Å²) in [5.74, 6) is 0.387. The Hall–Kier alpha value is -3.14. The summed E-state index contributed by atoms with van der Waals surface area (Å²) in [6.07, 6.45) is 1.14. The fourth-order valence-corrected chi connectivity index (χ4v) is 4.38. The SMILES string of the molecule is COc1ccc(NS(=O)(=O)c2cc([N+](=O)[O-])ccc2C)cc1N1CCCC1=O. The average Bonchev–Trinajstić information content (AvgIpc) is 3.07. The fraction of sp³-hybridized carbons (Fsp3) is 0.278. The number of nitro groups is 1. The molecule has 0 aromatic heterocycles. The molecule has 0 unspecified atom stereocenters. The minimum Gasteiger partial charge on any atom is -0.495 e. The number of nitro benzene ring substituents is 1. The highest BCUT2D eigenvalue weighted by Crippen LogP contribution is 2.35. The number of rotatable bonds is 6. The van der Waals surface area contributed by atoms with Crippen molar-refractivity contribution < 1.29 is 22.9 Å². The van der Waals surface area contributed by atoms with Crippen molar-refractivity contribution in [1.82, 2.24) is 0 Å². The number of anilines is 2. The summed E-state index contributed by atoms with van der Waals surface area (Å²) < 4.78 is 33.3. The van der Waals surface area contributed by atoms with E-state index in [-0.39, 0.29) is 22.2 Å². The number of sulfonamides is 1. The third kappa shape index (κ3) is 3.77. The van der Waals surface area contributed by atoms with Gasteiger partial charge in [-0.15, -0.1) is 0 Å². The third-order valence-corrected chi connectivity index (χ3v) is 5.99. The molecule has 0 aliphatic carbocycles. The molecule has 1 aliphatic heterocycles. The van der Waals surface area contributed by atoms with Crippen LogP contribution in [-0.4, -0.2) is 32.9 Å². The number of methoxy groups -OCH3 is 1. The summed E-state index contributed by atoms with van der Waals surface area (Å²) >= 11 is 0. The first-order valence-corrected chi connectivity index (χ1v) is 9.97. The molecule has 9 nitrogen and oxygen atoms in total. The van der Waals surface area contributed by atoms with Gasteiger partial charge in [-0.3, -0.25) is 19.6 Å². The highest BCUT2D eigenvalue weighted by molar-refractivity contribution is 7.92. The molecule has 1 aliphatic rings. The van der Waals surface area contributed by atoms with Crippen molar-refractivity contribution in [2.24, 2.45) is 0 Å². The summed E-state index contributed by atoms with van der Waals surface area (Å²) in [4.78, 5) is 23.8. The Labute approximate surface area is 162 Å². The summed E-state index contributed by atoms with van der Waals surface area (Å²) in [6, 6.07) is 8.25. The zero-order valence-electron chi connectivity index (χ0n) is 15.3. The highest BCUT2D eigenvalue weighted by atomic mass is 32.2. The van der Waals surface area contributed by atoms with E-state index < -0.39 is 14.9 Å². The maximum Gasteiger partial charge on any atom is 0.270 e. The predicted octanol–water partition coefficient (Wildman–Crippen LogP) is 2.84. The van der Waals surface area contributed by atoms with Crippen molar-refractivity contribution in [3.05, 3.63) is 52.1 Å². The number of hydrogen-bond acceptors (Lipinski definition) is 6. The van der Waals surface area contributed by atoms with Crippen LogP contribution in [0.5, 0.6) is 5.75 Å².